The SMILES string of the molecule is CCn1nccc1CN(CCO)C1CC1. The van der Waals surface area contributed by atoms with Gasteiger partial charge in [0.05, 0.1) is 12.3 Å². The van der Waals surface area contributed by atoms with Gasteiger partial charge in [-0.3, -0.25) is 9.58 Å². The number of aliphatic hydroxyl groups excluding tert-OH is 1. The van der Waals surface area contributed by atoms with E-state index in [1.165, 1.54) is 18.5 Å². The summed E-state index contributed by atoms with van der Waals surface area (Å²) in [6.45, 7) is 4.96. The van der Waals surface area contributed by atoms with E-state index in [1.807, 2.05) is 10.9 Å². The fraction of sp³-hybridized carbons (Fsp3) is 0.727. The lowest BCUT2D eigenvalue weighted by atomic mass is 10.3. The van der Waals surface area contributed by atoms with Gasteiger partial charge in [0.15, 0.2) is 0 Å². The lowest BCUT2D eigenvalue weighted by molar-refractivity contribution is 0.180. The highest BCUT2D eigenvalue weighted by atomic mass is 16.3. The maximum Gasteiger partial charge on any atom is 0.0558 e. The molecular weight excluding hydrogens is 190 g/mol. The Labute approximate surface area is 90.5 Å². The molecule has 4 nitrogen and oxygen atoms in total. The van der Waals surface area contributed by atoms with Crippen LogP contribution in [0.1, 0.15) is 25.5 Å². The Bertz CT molecular complexity index is 307. The second-order valence-electron chi connectivity index (χ2n) is 4.06. The smallest absolute Gasteiger partial charge is 0.0558 e. The molecule has 0 radical (unpaired) electrons. The van der Waals surface area contributed by atoms with Crippen molar-refractivity contribution in [3.05, 3.63) is 18.0 Å². The summed E-state index contributed by atoms with van der Waals surface area (Å²) in [5.41, 5.74) is 1.25. The lowest BCUT2D eigenvalue weighted by Crippen LogP contribution is -2.29. The minimum Gasteiger partial charge on any atom is -0.395 e. The quantitative estimate of drug-likeness (QED) is 0.755. The van der Waals surface area contributed by atoms with Crippen molar-refractivity contribution < 1.29 is 5.11 Å². The highest BCUT2D eigenvalue weighted by molar-refractivity contribution is 5.02. The molecule has 0 bridgehead atoms. The predicted octanol–water partition coefficient (Wildman–Crippen LogP) is 0.860. The normalized spacial score (nSPS) is 16.2. The second-order valence-corrected chi connectivity index (χ2v) is 4.06. The molecule has 15 heavy (non-hydrogen) atoms. The fourth-order valence-corrected chi connectivity index (χ4v) is 1.95. The molecule has 0 saturated heterocycles. The van der Waals surface area contributed by atoms with Crippen LogP contribution in [0.25, 0.3) is 0 Å². The number of rotatable bonds is 6. The first-order chi connectivity index (χ1) is 7.35. The van der Waals surface area contributed by atoms with Crippen LogP contribution in [0, 0.1) is 0 Å². The number of aryl methyl sites for hydroxylation is 1. The average molecular weight is 209 g/mol. The number of aromatic nitrogens is 2. The van der Waals surface area contributed by atoms with Gasteiger partial charge in [-0.2, -0.15) is 5.10 Å². The molecule has 1 heterocycles. The molecule has 0 amide bonds. The molecule has 4 heteroatoms. The molecule has 2 rings (SSSR count). The van der Waals surface area contributed by atoms with E-state index in [2.05, 4.69) is 23.0 Å². The number of aliphatic hydroxyl groups is 1. The van der Waals surface area contributed by atoms with E-state index in [4.69, 9.17) is 5.11 Å². The maximum atomic E-state index is 9.00. The molecular formula is C11H19N3O. The van der Waals surface area contributed by atoms with Gasteiger partial charge in [-0.15, -0.1) is 0 Å². The largest absolute Gasteiger partial charge is 0.395 e. The summed E-state index contributed by atoms with van der Waals surface area (Å²) in [7, 11) is 0. The minimum atomic E-state index is 0.247. The molecule has 0 atom stereocenters. The molecule has 0 unspecified atom stereocenters. The van der Waals surface area contributed by atoms with Crippen LogP contribution in [-0.2, 0) is 13.1 Å². The summed E-state index contributed by atoms with van der Waals surface area (Å²) in [6, 6.07) is 2.76. The monoisotopic (exact) mass is 209 g/mol. The lowest BCUT2D eigenvalue weighted by Gasteiger charge is -2.20. The minimum absolute atomic E-state index is 0.247. The Kier molecular flexibility index (Phi) is 3.38. The van der Waals surface area contributed by atoms with E-state index in [-0.39, 0.29) is 6.61 Å². The van der Waals surface area contributed by atoms with Gasteiger partial charge in [0.2, 0.25) is 0 Å². The van der Waals surface area contributed by atoms with Crippen LogP contribution < -0.4 is 0 Å². The number of hydrogen-bond acceptors (Lipinski definition) is 3. The van der Waals surface area contributed by atoms with E-state index >= 15 is 0 Å². The molecule has 1 saturated carbocycles. The zero-order chi connectivity index (χ0) is 10.7. The van der Waals surface area contributed by atoms with Crippen LogP contribution in [0.3, 0.4) is 0 Å². The molecule has 1 aliphatic rings. The molecule has 1 aliphatic carbocycles. The van der Waals surface area contributed by atoms with Crippen LogP contribution in [0.4, 0.5) is 0 Å². The molecule has 84 valence electrons. The summed E-state index contributed by atoms with van der Waals surface area (Å²) < 4.78 is 2.02. The van der Waals surface area contributed by atoms with Crippen molar-refractivity contribution >= 4 is 0 Å². The van der Waals surface area contributed by atoms with Crippen LogP contribution in [-0.4, -0.2) is 39.0 Å². The van der Waals surface area contributed by atoms with Crippen molar-refractivity contribution in [2.75, 3.05) is 13.2 Å². The molecule has 1 N–H and O–H groups in total. The van der Waals surface area contributed by atoms with E-state index in [9.17, 15) is 0 Å². The third-order valence-corrected chi connectivity index (χ3v) is 2.92. The third kappa shape index (κ3) is 2.58. The fourth-order valence-electron chi connectivity index (χ4n) is 1.95. The zero-order valence-electron chi connectivity index (χ0n) is 9.26. The van der Waals surface area contributed by atoms with Crippen molar-refractivity contribution in [3.63, 3.8) is 0 Å². The van der Waals surface area contributed by atoms with Gasteiger partial charge in [-0.25, -0.2) is 0 Å². The molecule has 0 aliphatic heterocycles. The topological polar surface area (TPSA) is 41.3 Å². The van der Waals surface area contributed by atoms with Crippen molar-refractivity contribution in [2.24, 2.45) is 0 Å². The molecule has 0 spiro atoms. The first-order valence-corrected chi connectivity index (χ1v) is 5.70. The number of hydrogen-bond donors (Lipinski definition) is 1. The Balaban J connectivity index is 1.98. The summed E-state index contributed by atoms with van der Waals surface area (Å²) in [5, 5.41) is 13.3. The van der Waals surface area contributed by atoms with Crippen LogP contribution in [0.2, 0.25) is 0 Å². The van der Waals surface area contributed by atoms with E-state index in [1.54, 1.807) is 0 Å². The molecule has 1 aromatic heterocycles. The highest BCUT2D eigenvalue weighted by Gasteiger charge is 2.28. The summed E-state index contributed by atoms with van der Waals surface area (Å²) >= 11 is 0. The molecule has 1 aromatic rings. The van der Waals surface area contributed by atoms with E-state index in [0.717, 1.165) is 19.6 Å². The predicted molar refractivity (Wildman–Crippen MR) is 58.4 cm³/mol. The van der Waals surface area contributed by atoms with Crippen LogP contribution in [0.15, 0.2) is 12.3 Å². The summed E-state index contributed by atoms with van der Waals surface area (Å²) in [5.74, 6) is 0. The third-order valence-electron chi connectivity index (χ3n) is 2.92. The zero-order valence-corrected chi connectivity index (χ0v) is 9.26. The maximum absolute atomic E-state index is 9.00. The van der Waals surface area contributed by atoms with Gasteiger partial charge in [0, 0.05) is 31.9 Å². The van der Waals surface area contributed by atoms with Crippen molar-refractivity contribution in [2.45, 2.75) is 38.9 Å². The van der Waals surface area contributed by atoms with Gasteiger partial charge < -0.3 is 5.11 Å². The molecule has 1 fully saturated rings. The highest BCUT2D eigenvalue weighted by Crippen LogP contribution is 2.27. The second kappa shape index (κ2) is 4.77. The van der Waals surface area contributed by atoms with Gasteiger partial charge in [-0.05, 0) is 25.8 Å². The van der Waals surface area contributed by atoms with Crippen LogP contribution in [0.5, 0.6) is 0 Å². The molecule has 0 aromatic carbocycles. The van der Waals surface area contributed by atoms with Crippen molar-refractivity contribution in [3.8, 4) is 0 Å². The first kappa shape index (κ1) is 10.6. The Hall–Kier alpha value is -0.870. The van der Waals surface area contributed by atoms with Gasteiger partial charge in [0.25, 0.3) is 0 Å². The van der Waals surface area contributed by atoms with Gasteiger partial charge in [-0.1, -0.05) is 0 Å². The van der Waals surface area contributed by atoms with Crippen molar-refractivity contribution in [1.29, 1.82) is 0 Å². The van der Waals surface area contributed by atoms with Gasteiger partial charge in [0.1, 0.15) is 0 Å². The summed E-state index contributed by atoms with van der Waals surface area (Å²) in [4.78, 5) is 2.35. The summed E-state index contributed by atoms with van der Waals surface area (Å²) in [6.07, 6.45) is 4.41. The Morgan fingerprint density at radius 1 is 1.60 bits per heavy atom. The number of nitrogens with zero attached hydrogens (tertiary/aromatic N) is 3. The van der Waals surface area contributed by atoms with E-state index in [0.29, 0.717) is 6.04 Å². The van der Waals surface area contributed by atoms with Gasteiger partial charge >= 0.3 is 0 Å². The Morgan fingerprint density at radius 2 is 2.40 bits per heavy atom. The first-order valence-electron chi connectivity index (χ1n) is 5.70. The standard InChI is InChI=1S/C11H19N3O/c1-2-14-11(5-6-12-14)9-13(7-8-15)10-3-4-10/h5-6,10,15H,2-4,7-9H2,1H3. The van der Waals surface area contributed by atoms with Crippen LogP contribution >= 0.6 is 0 Å². The average Bonchev–Trinajstić information content (AvgIpc) is 2.99. The van der Waals surface area contributed by atoms with Crippen molar-refractivity contribution in [1.82, 2.24) is 14.7 Å². The Morgan fingerprint density at radius 3 is 3.00 bits per heavy atom. The van der Waals surface area contributed by atoms with E-state index < -0.39 is 0 Å².